The van der Waals surface area contributed by atoms with E-state index in [1.54, 1.807) is 11.3 Å². The molecule has 1 N–H and O–H groups in total. The number of aromatic nitrogens is 1. The Morgan fingerprint density at radius 3 is 2.75 bits per heavy atom. The van der Waals surface area contributed by atoms with Crippen LogP contribution < -0.4 is 5.32 Å². The van der Waals surface area contributed by atoms with Crippen LogP contribution in [0.1, 0.15) is 30.5 Å². The van der Waals surface area contributed by atoms with Crippen molar-refractivity contribution in [2.24, 2.45) is 0 Å². The Balaban J connectivity index is 1.70. The standard InChI is InChI=1S/C14H24N4OS/c1-3-4-5-15-14(19)18-8-6-17(7-9-18)10-13-11-20-12(2)16-13/h11H,3-10H2,1-2H3,(H,15,19). The van der Waals surface area contributed by atoms with Crippen LogP contribution in [-0.2, 0) is 6.54 Å². The van der Waals surface area contributed by atoms with Gasteiger partial charge in [0, 0.05) is 44.6 Å². The molecule has 1 aliphatic rings. The topological polar surface area (TPSA) is 48.5 Å². The zero-order chi connectivity index (χ0) is 14.4. The van der Waals surface area contributed by atoms with Crippen LogP contribution in [0.5, 0.6) is 0 Å². The van der Waals surface area contributed by atoms with Gasteiger partial charge in [-0.2, -0.15) is 0 Å². The Hall–Kier alpha value is -1.14. The van der Waals surface area contributed by atoms with Crippen LogP contribution in [0.2, 0.25) is 0 Å². The summed E-state index contributed by atoms with van der Waals surface area (Å²) in [4.78, 5) is 20.7. The highest BCUT2D eigenvalue weighted by Gasteiger charge is 2.21. The highest BCUT2D eigenvalue weighted by molar-refractivity contribution is 7.09. The molecule has 0 radical (unpaired) electrons. The van der Waals surface area contributed by atoms with E-state index in [0.29, 0.717) is 0 Å². The largest absolute Gasteiger partial charge is 0.338 e. The van der Waals surface area contributed by atoms with E-state index >= 15 is 0 Å². The first-order chi connectivity index (χ1) is 9.69. The van der Waals surface area contributed by atoms with Gasteiger partial charge >= 0.3 is 6.03 Å². The Bertz CT molecular complexity index is 427. The van der Waals surface area contributed by atoms with Crippen LogP contribution >= 0.6 is 11.3 Å². The van der Waals surface area contributed by atoms with E-state index in [0.717, 1.165) is 62.8 Å². The molecule has 0 aromatic carbocycles. The van der Waals surface area contributed by atoms with Gasteiger partial charge in [0.15, 0.2) is 0 Å². The number of carbonyl (C=O) groups excluding carboxylic acids is 1. The predicted molar refractivity (Wildman–Crippen MR) is 82.0 cm³/mol. The summed E-state index contributed by atoms with van der Waals surface area (Å²) in [7, 11) is 0. The molecule has 1 aromatic heterocycles. The molecule has 0 saturated carbocycles. The van der Waals surface area contributed by atoms with Crippen molar-refractivity contribution in [1.82, 2.24) is 20.1 Å². The molecule has 2 rings (SSSR count). The number of unbranched alkanes of at least 4 members (excludes halogenated alkanes) is 1. The van der Waals surface area contributed by atoms with Crippen LogP contribution in [0.3, 0.4) is 0 Å². The van der Waals surface area contributed by atoms with Gasteiger partial charge < -0.3 is 10.2 Å². The zero-order valence-corrected chi connectivity index (χ0v) is 13.2. The summed E-state index contributed by atoms with van der Waals surface area (Å²) in [5.41, 5.74) is 1.15. The number of urea groups is 1. The fourth-order valence-corrected chi connectivity index (χ4v) is 2.91. The number of hydrogen-bond acceptors (Lipinski definition) is 4. The van der Waals surface area contributed by atoms with Crippen LogP contribution in [0.15, 0.2) is 5.38 Å². The normalized spacial score (nSPS) is 16.4. The van der Waals surface area contributed by atoms with Crippen molar-refractivity contribution in [3.63, 3.8) is 0 Å². The highest BCUT2D eigenvalue weighted by Crippen LogP contribution is 2.12. The van der Waals surface area contributed by atoms with Crippen LogP contribution in [0, 0.1) is 6.92 Å². The third-order valence-electron chi connectivity index (χ3n) is 3.52. The minimum Gasteiger partial charge on any atom is -0.338 e. The molecule has 0 bridgehead atoms. The maximum atomic E-state index is 11.9. The summed E-state index contributed by atoms with van der Waals surface area (Å²) in [6.07, 6.45) is 2.16. The van der Waals surface area contributed by atoms with Crippen LogP contribution in [-0.4, -0.2) is 53.5 Å². The van der Waals surface area contributed by atoms with Crippen molar-refractivity contribution in [2.45, 2.75) is 33.2 Å². The quantitative estimate of drug-likeness (QED) is 0.846. The number of aryl methyl sites for hydroxylation is 1. The smallest absolute Gasteiger partial charge is 0.317 e. The molecule has 1 aromatic rings. The number of thiazole rings is 1. The van der Waals surface area contributed by atoms with Crippen molar-refractivity contribution in [1.29, 1.82) is 0 Å². The van der Waals surface area contributed by atoms with Gasteiger partial charge in [-0.05, 0) is 13.3 Å². The molecule has 5 nitrogen and oxygen atoms in total. The SMILES string of the molecule is CCCCNC(=O)N1CCN(Cc2csc(C)n2)CC1. The van der Waals surface area contributed by atoms with Crippen LogP contribution in [0.25, 0.3) is 0 Å². The minimum absolute atomic E-state index is 0.0857. The lowest BCUT2D eigenvalue weighted by atomic mass is 10.3. The van der Waals surface area contributed by atoms with E-state index in [-0.39, 0.29) is 6.03 Å². The Kier molecular flexibility index (Phi) is 5.79. The first kappa shape index (κ1) is 15.3. The van der Waals surface area contributed by atoms with E-state index in [2.05, 4.69) is 27.5 Å². The average Bonchev–Trinajstić information content (AvgIpc) is 2.85. The molecule has 0 atom stereocenters. The monoisotopic (exact) mass is 296 g/mol. The molecule has 0 spiro atoms. The van der Waals surface area contributed by atoms with Crippen molar-refractivity contribution in [2.75, 3.05) is 32.7 Å². The van der Waals surface area contributed by atoms with E-state index in [9.17, 15) is 4.79 Å². The van der Waals surface area contributed by atoms with Crippen LogP contribution in [0.4, 0.5) is 4.79 Å². The summed E-state index contributed by atoms with van der Waals surface area (Å²) in [5, 5.41) is 6.22. The lowest BCUT2D eigenvalue weighted by Crippen LogP contribution is -2.51. The molecule has 0 unspecified atom stereocenters. The highest BCUT2D eigenvalue weighted by atomic mass is 32.1. The number of carbonyl (C=O) groups is 1. The third-order valence-corrected chi connectivity index (χ3v) is 4.34. The van der Waals surface area contributed by atoms with E-state index in [1.807, 2.05) is 11.8 Å². The number of nitrogens with one attached hydrogen (secondary N) is 1. The molecule has 2 amide bonds. The molecule has 1 saturated heterocycles. The van der Waals surface area contributed by atoms with Crippen molar-refractivity contribution in [3.05, 3.63) is 16.1 Å². The van der Waals surface area contributed by atoms with Gasteiger partial charge in [0.2, 0.25) is 0 Å². The number of nitrogens with zero attached hydrogens (tertiary/aromatic N) is 3. The Morgan fingerprint density at radius 2 is 2.15 bits per heavy atom. The molecule has 2 heterocycles. The molecule has 112 valence electrons. The fourth-order valence-electron chi connectivity index (χ4n) is 2.30. The molecule has 20 heavy (non-hydrogen) atoms. The molecule has 6 heteroatoms. The van der Waals surface area contributed by atoms with Gasteiger partial charge in [0.25, 0.3) is 0 Å². The van der Waals surface area contributed by atoms with Gasteiger partial charge in [0.05, 0.1) is 10.7 Å². The zero-order valence-electron chi connectivity index (χ0n) is 12.4. The maximum Gasteiger partial charge on any atom is 0.317 e. The number of hydrogen-bond donors (Lipinski definition) is 1. The molecule has 1 aliphatic heterocycles. The predicted octanol–water partition coefficient (Wildman–Crippen LogP) is 2.08. The van der Waals surface area contributed by atoms with E-state index < -0.39 is 0 Å². The summed E-state index contributed by atoms with van der Waals surface area (Å²) in [6.45, 7) is 9.32. The van der Waals surface area contributed by atoms with Crippen molar-refractivity contribution in [3.8, 4) is 0 Å². The second-order valence-corrected chi connectivity index (χ2v) is 6.27. The Morgan fingerprint density at radius 1 is 1.40 bits per heavy atom. The summed E-state index contributed by atoms with van der Waals surface area (Å²) in [5.74, 6) is 0. The molecular formula is C14H24N4OS. The minimum atomic E-state index is 0.0857. The lowest BCUT2D eigenvalue weighted by Gasteiger charge is -2.34. The third kappa shape index (κ3) is 4.45. The van der Waals surface area contributed by atoms with Crippen molar-refractivity contribution >= 4 is 17.4 Å². The summed E-state index contributed by atoms with van der Waals surface area (Å²) < 4.78 is 0. The lowest BCUT2D eigenvalue weighted by molar-refractivity contribution is 0.134. The second kappa shape index (κ2) is 7.59. The van der Waals surface area contributed by atoms with Gasteiger partial charge in [-0.1, -0.05) is 13.3 Å². The second-order valence-electron chi connectivity index (χ2n) is 5.21. The first-order valence-electron chi connectivity index (χ1n) is 7.35. The summed E-state index contributed by atoms with van der Waals surface area (Å²) in [6, 6.07) is 0.0857. The maximum absolute atomic E-state index is 11.9. The molecule has 0 aliphatic carbocycles. The van der Waals surface area contributed by atoms with Crippen molar-refractivity contribution < 1.29 is 4.79 Å². The number of amides is 2. The molecule has 1 fully saturated rings. The average molecular weight is 296 g/mol. The first-order valence-corrected chi connectivity index (χ1v) is 8.23. The van der Waals surface area contributed by atoms with Gasteiger partial charge in [0.1, 0.15) is 0 Å². The molecular weight excluding hydrogens is 272 g/mol. The fraction of sp³-hybridized carbons (Fsp3) is 0.714. The summed E-state index contributed by atoms with van der Waals surface area (Å²) >= 11 is 1.70. The van der Waals surface area contributed by atoms with Gasteiger partial charge in [-0.25, -0.2) is 9.78 Å². The van der Waals surface area contributed by atoms with Gasteiger partial charge in [-0.15, -0.1) is 11.3 Å². The van der Waals surface area contributed by atoms with E-state index in [1.165, 1.54) is 0 Å². The Labute approximate surface area is 125 Å². The number of piperazine rings is 1. The number of rotatable bonds is 5. The van der Waals surface area contributed by atoms with Gasteiger partial charge in [-0.3, -0.25) is 4.90 Å². The van der Waals surface area contributed by atoms with E-state index in [4.69, 9.17) is 0 Å².